The number of hydrogen-bond acceptors (Lipinski definition) is 3. The molecule has 0 spiro atoms. The third-order valence-electron chi connectivity index (χ3n) is 3.40. The van der Waals surface area contributed by atoms with Gasteiger partial charge in [-0.15, -0.1) is 11.3 Å². The summed E-state index contributed by atoms with van der Waals surface area (Å²) >= 11 is 5.38. The van der Waals surface area contributed by atoms with Crippen LogP contribution in [0.1, 0.15) is 21.0 Å². The highest BCUT2D eigenvalue weighted by molar-refractivity contribution is 9.10. The van der Waals surface area contributed by atoms with Crippen molar-refractivity contribution in [1.29, 1.82) is 0 Å². The molecular weight excluding hydrogens is 346 g/mol. The first-order valence-corrected chi connectivity index (χ1v) is 8.62. The van der Waals surface area contributed by atoms with E-state index < -0.39 is 0 Å². The van der Waals surface area contributed by atoms with Crippen LogP contribution >= 0.6 is 27.3 Å². The minimum Gasteiger partial charge on any atom is -0.311 e. The third kappa shape index (κ3) is 3.54. The highest BCUT2D eigenvalue weighted by atomic mass is 79.9. The topological polar surface area (TPSA) is 29.3 Å². The zero-order valence-corrected chi connectivity index (χ0v) is 14.6. The van der Waals surface area contributed by atoms with Crippen molar-refractivity contribution < 1.29 is 0 Å². The second-order valence-electron chi connectivity index (χ2n) is 5.24. The van der Waals surface area contributed by atoms with Crippen LogP contribution in [0.15, 0.2) is 35.1 Å². The second kappa shape index (κ2) is 6.30. The second-order valence-corrected chi connectivity index (χ2v) is 7.53. The Kier molecular flexibility index (Phi) is 4.42. The van der Waals surface area contributed by atoms with Crippen molar-refractivity contribution in [3.8, 4) is 0 Å². The average molecular weight is 364 g/mol. The number of hydrogen-bond donors (Lipinski definition) is 1. The van der Waals surface area contributed by atoms with Crippen molar-refractivity contribution in [3.05, 3.63) is 56.1 Å². The van der Waals surface area contributed by atoms with E-state index in [1.165, 1.54) is 15.3 Å². The Balaban J connectivity index is 1.59. The Labute approximate surface area is 137 Å². The molecular formula is C16H18BrN3S. The Hall–Kier alpha value is -1.17. The number of thiophene rings is 1. The maximum absolute atomic E-state index is 4.71. The molecule has 0 aromatic carbocycles. The molecule has 3 nitrogen and oxygen atoms in total. The quantitative estimate of drug-likeness (QED) is 0.691. The average Bonchev–Trinajstić information content (AvgIpc) is 3.01. The number of fused-ring (bicyclic) bond motifs is 1. The molecule has 21 heavy (non-hydrogen) atoms. The van der Waals surface area contributed by atoms with Gasteiger partial charge in [-0.3, -0.25) is 0 Å². The fourth-order valence-electron chi connectivity index (χ4n) is 2.40. The summed E-state index contributed by atoms with van der Waals surface area (Å²) in [5.74, 6) is 0. The maximum atomic E-state index is 4.71. The van der Waals surface area contributed by atoms with Crippen LogP contribution in [0.25, 0.3) is 5.65 Å². The van der Waals surface area contributed by atoms with Crippen molar-refractivity contribution in [3.63, 3.8) is 0 Å². The molecule has 0 saturated heterocycles. The van der Waals surface area contributed by atoms with Gasteiger partial charge < -0.3 is 9.72 Å². The first-order chi connectivity index (χ1) is 10.1. The monoisotopic (exact) mass is 363 g/mol. The van der Waals surface area contributed by atoms with E-state index in [-0.39, 0.29) is 0 Å². The van der Waals surface area contributed by atoms with Gasteiger partial charge in [0.25, 0.3) is 0 Å². The van der Waals surface area contributed by atoms with Crippen molar-refractivity contribution in [2.45, 2.75) is 26.8 Å². The first kappa shape index (κ1) is 14.8. The zero-order chi connectivity index (χ0) is 14.8. The Morgan fingerprint density at radius 2 is 2.14 bits per heavy atom. The number of aromatic nitrogens is 2. The Bertz CT molecular complexity index is 760. The fraction of sp³-hybridized carbons (Fsp3) is 0.312. The smallest absolute Gasteiger partial charge is 0.139 e. The first-order valence-electron chi connectivity index (χ1n) is 7.01. The number of nitrogens with zero attached hydrogens (tertiary/aromatic N) is 2. The van der Waals surface area contributed by atoms with Crippen LogP contribution in [-0.2, 0) is 13.0 Å². The van der Waals surface area contributed by atoms with Crippen LogP contribution in [0.4, 0.5) is 0 Å². The normalized spacial score (nSPS) is 11.4. The van der Waals surface area contributed by atoms with Gasteiger partial charge in [-0.25, -0.2) is 4.98 Å². The summed E-state index contributed by atoms with van der Waals surface area (Å²) in [7, 11) is 0. The standard InChI is InChI=1S/C16H18BrN3S/c1-11-7-13(17)9-20-10-14(19-16(11)20)5-6-18-8-15-4-3-12(2)21-15/h3-4,7,9-10,18H,5-6,8H2,1-2H3. The lowest BCUT2D eigenvalue weighted by Gasteiger charge is -2.00. The van der Waals surface area contributed by atoms with Crippen LogP contribution in [0.3, 0.4) is 0 Å². The van der Waals surface area contributed by atoms with E-state index in [1.54, 1.807) is 0 Å². The van der Waals surface area contributed by atoms with E-state index in [0.717, 1.165) is 35.3 Å². The van der Waals surface area contributed by atoms with Gasteiger partial charge in [-0.2, -0.15) is 0 Å². The Morgan fingerprint density at radius 1 is 1.29 bits per heavy atom. The van der Waals surface area contributed by atoms with Gasteiger partial charge in [-0.05, 0) is 53.5 Å². The minimum absolute atomic E-state index is 0.941. The van der Waals surface area contributed by atoms with Crippen LogP contribution in [0, 0.1) is 13.8 Å². The lowest BCUT2D eigenvalue weighted by atomic mass is 10.3. The van der Waals surface area contributed by atoms with E-state index in [4.69, 9.17) is 4.98 Å². The lowest BCUT2D eigenvalue weighted by Crippen LogP contribution is -2.16. The predicted octanol–water partition coefficient (Wildman–Crippen LogP) is 4.11. The number of aryl methyl sites for hydroxylation is 2. The molecule has 0 aliphatic rings. The van der Waals surface area contributed by atoms with Crippen molar-refractivity contribution in [1.82, 2.24) is 14.7 Å². The zero-order valence-electron chi connectivity index (χ0n) is 12.2. The maximum Gasteiger partial charge on any atom is 0.139 e. The molecule has 0 saturated carbocycles. The summed E-state index contributed by atoms with van der Waals surface area (Å²) in [6.07, 6.45) is 5.12. The molecule has 0 unspecified atom stereocenters. The third-order valence-corrected chi connectivity index (χ3v) is 4.84. The fourth-order valence-corrected chi connectivity index (χ4v) is 3.83. The molecule has 0 radical (unpaired) electrons. The van der Waals surface area contributed by atoms with Crippen LogP contribution < -0.4 is 5.32 Å². The van der Waals surface area contributed by atoms with E-state index in [2.05, 4.69) is 70.1 Å². The van der Waals surface area contributed by atoms with Crippen molar-refractivity contribution in [2.24, 2.45) is 0 Å². The highest BCUT2D eigenvalue weighted by Crippen LogP contribution is 2.17. The molecule has 0 amide bonds. The summed E-state index contributed by atoms with van der Waals surface area (Å²) in [6.45, 7) is 6.12. The molecule has 3 rings (SSSR count). The summed E-state index contributed by atoms with van der Waals surface area (Å²) in [4.78, 5) is 7.47. The van der Waals surface area contributed by atoms with Gasteiger partial charge in [0.05, 0.1) is 5.69 Å². The minimum atomic E-state index is 0.941. The van der Waals surface area contributed by atoms with Crippen LogP contribution in [-0.4, -0.2) is 15.9 Å². The van der Waals surface area contributed by atoms with Crippen LogP contribution in [0.5, 0.6) is 0 Å². The molecule has 0 aliphatic carbocycles. The summed E-state index contributed by atoms with van der Waals surface area (Å²) < 4.78 is 3.18. The van der Waals surface area contributed by atoms with Gasteiger partial charge in [-0.1, -0.05) is 0 Å². The van der Waals surface area contributed by atoms with E-state index in [0.29, 0.717) is 0 Å². The summed E-state index contributed by atoms with van der Waals surface area (Å²) in [5, 5.41) is 3.49. The number of halogens is 1. The molecule has 0 fully saturated rings. The van der Waals surface area contributed by atoms with Crippen molar-refractivity contribution >= 4 is 32.9 Å². The molecule has 0 bridgehead atoms. The predicted molar refractivity (Wildman–Crippen MR) is 92.1 cm³/mol. The molecule has 0 aliphatic heterocycles. The Morgan fingerprint density at radius 3 is 2.90 bits per heavy atom. The van der Waals surface area contributed by atoms with Gasteiger partial charge in [0, 0.05) is 46.1 Å². The molecule has 0 atom stereocenters. The molecule has 3 heterocycles. The number of pyridine rings is 1. The molecule has 3 aromatic rings. The van der Waals surface area contributed by atoms with E-state index >= 15 is 0 Å². The molecule has 1 N–H and O–H groups in total. The molecule has 110 valence electrons. The highest BCUT2D eigenvalue weighted by Gasteiger charge is 2.05. The SMILES string of the molecule is Cc1ccc(CNCCc2cn3cc(Br)cc(C)c3n2)s1. The number of nitrogens with one attached hydrogen (secondary N) is 1. The van der Waals surface area contributed by atoms with E-state index in [9.17, 15) is 0 Å². The van der Waals surface area contributed by atoms with Crippen LogP contribution in [0.2, 0.25) is 0 Å². The van der Waals surface area contributed by atoms with Gasteiger partial charge in [0.2, 0.25) is 0 Å². The van der Waals surface area contributed by atoms with Gasteiger partial charge >= 0.3 is 0 Å². The van der Waals surface area contributed by atoms with Gasteiger partial charge in [0.15, 0.2) is 0 Å². The lowest BCUT2D eigenvalue weighted by molar-refractivity contribution is 0.688. The number of imidazole rings is 1. The molecule has 5 heteroatoms. The largest absolute Gasteiger partial charge is 0.311 e. The van der Waals surface area contributed by atoms with Crippen molar-refractivity contribution in [2.75, 3.05) is 6.54 Å². The van der Waals surface area contributed by atoms with Gasteiger partial charge in [0.1, 0.15) is 5.65 Å². The molecule has 3 aromatic heterocycles. The van der Waals surface area contributed by atoms with E-state index in [1.807, 2.05) is 11.3 Å². The number of rotatable bonds is 5. The summed E-state index contributed by atoms with van der Waals surface area (Å²) in [6, 6.07) is 6.46. The summed E-state index contributed by atoms with van der Waals surface area (Å²) in [5.41, 5.74) is 3.37.